The fourth-order valence-corrected chi connectivity index (χ4v) is 3.22. The minimum Gasteiger partial charge on any atom is -0.334 e. The van der Waals surface area contributed by atoms with E-state index in [1.807, 2.05) is 6.92 Å². The van der Waals surface area contributed by atoms with Gasteiger partial charge in [-0.3, -0.25) is 9.69 Å². The normalized spacial score (nSPS) is 39.3. The molecule has 1 N–H and O–H groups in total. The zero-order valence-corrected chi connectivity index (χ0v) is 9.66. The second kappa shape index (κ2) is 3.22. The average molecular weight is 222 g/mol. The van der Waals surface area contributed by atoms with Crippen LogP contribution < -0.4 is 5.32 Å². The molecule has 0 radical (unpaired) electrons. The molecular formula is C12H18N2O2. The zero-order valence-electron chi connectivity index (χ0n) is 9.66. The molecule has 0 aromatic heterocycles. The van der Waals surface area contributed by atoms with Crippen molar-refractivity contribution in [1.29, 1.82) is 0 Å². The monoisotopic (exact) mass is 222 g/mol. The van der Waals surface area contributed by atoms with Crippen LogP contribution in [-0.2, 0) is 4.79 Å². The van der Waals surface area contributed by atoms with Crippen LogP contribution in [0, 0.1) is 5.41 Å². The Balaban J connectivity index is 1.90. The molecule has 0 spiro atoms. The maximum atomic E-state index is 12.4. The van der Waals surface area contributed by atoms with Crippen LogP contribution >= 0.6 is 0 Å². The number of nitrogens with one attached hydrogen (secondary N) is 1. The second-order valence-corrected chi connectivity index (χ2v) is 5.57. The maximum Gasteiger partial charge on any atom is 0.324 e. The summed E-state index contributed by atoms with van der Waals surface area (Å²) in [6.07, 6.45) is 6.03. The lowest BCUT2D eigenvalue weighted by molar-refractivity contribution is -0.144. The van der Waals surface area contributed by atoms with Crippen molar-refractivity contribution in [2.75, 3.05) is 0 Å². The average Bonchev–Trinajstić information content (AvgIpc) is 2.53. The first-order valence-corrected chi connectivity index (χ1v) is 6.27. The molecule has 2 aliphatic carbocycles. The quantitative estimate of drug-likeness (QED) is 0.733. The van der Waals surface area contributed by atoms with Crippen molar-refractivity contribution >= 4 is 11.9 Å². The lowest BCUT2D eigenvalue weighted by atomic mass is 9.79. The molecule has 1 saturated heterocycles. The molecule has 3 fully saturated rings. The maximum absolute atomic E-state index is 12.4. The van der Waals surface area contributed by atoms with Gasteiger partial charge in [0.1, 0.15) is 0 Å². The third-order valence-electron chi connectivity index (χ3n) is 4.62. The Morgan fingerprint density at radius 3 is 2.62 bits per heavy atom. The third-order valence-corrected chi connectivity index (χ3v) is 4.62. The Labute approximate surface area is 95.4 Å². The highest BCUT2D eigenvalue weighted by molar-refractivity contribution is 6.01. The number of hydrogen-bond acceptors (Lipinski definition) is 2. The molecule has 0 bridgehead atoms. The van der Waals surface area contributed by atoms with Crippen molar-refractivity contribution in [3.63, 3.8) is 0 Å². The highest BCUT2D eigenvalue weighted by atomic mass is 16.2. The van der Waals surface area contributed by atoms with Crippen LogP contribution in [0.15, 0.2) is 0 Å². The molecule has 1 aliphatic heterocycles. The number of rotatable bonds is 1. The van der Waals surface area contributed by atoms with Gasteiger partial charge < -0.3 is 5.32 Å². The highest BCUT2D eigenvalue weighted by Gasteiger charge is 2.54. The first-order chi connectivity index (χ1) is 7.63. The summed E-state index contributed by atoms with van der Waals surface area (Å²) in [5.41, 5.74) is -0.330. The predicted octanol–water partition coefficient (Wildman–Crippen LogP) is 1.65. The summed E-state index contributed by atoms with van der Waals surface area (Å²) in [5, 5.41) is 3.01. The van der Waals surface area contributed by atoms with Crippen LogP contribution in [0.4, 0.5) is 4.79 Å². The van der Waals surface area contributed by atoms with E-state index < -0.39 is 0 Å². The number of carbonyl (C=O) groups is 2. The Morgan fingerprint density at radius 1 is 1.25 bits per heavy atom. The first-order valence-electron chi connectivity index (χ1n) is 6.27. The summed E-state index contributed by atoms with van der Waals surface area (Å²) in [7, 11) is 0. The fourth-order valence-electron chi connectivity index (χ4n) is 3.22. The van der Waals surface area contributed by atoms with E-state index in [0.29, 0.717) is 0 Å². The van der Waals surface area contributed by atoms with Crippen LogP contribution in [0.5, 0.6) is 0 Å². The molecule has 4 nitrogen and oxygen atoms in total. The van der Waals surface area contributed by atoms with Gasteiger partial charge in [0.2, 0.25) is 5.91 Å². The summed E-state index contributed by atoms with van der Waals surface area (Å²) in [6.45, 7) is 2.01. The Morgan fingerprint density at radius 2 is 2.00 bits per heavy atom. The second-order valence-electron chi connectivity index (χ2n) is 5.57. The SMILES string of the molecule is CC12CCCC1NC(=O)N(C1CCC1)C2=O. The molecular weight excluding hydrogens is 204 g/mol. The van der Waals surface area contributed by atoms with Gasteiger partial charge in [-0.1, -0.05) is 6.42 Å². The van der Waals surface area contributed by atoms with Gasteiger partial charge in [-0.25, -0.2) is 4.79 Å². The van der Waals surface area contributed by atoms with E-state index in [9.17, 15) is 9.59 Å². The van der Waals surface area contributed by atoms with Gasteiger partial charge in [0.05, 0.1) is 5.41 Å². The van der Waals surface area contributed by atoms with Crippen LogP contribution in [0.1, 0.15) is 45.4 Å². The lowest BCUT2D eigenvalue weighted by Gasteiger charge is -2.46. The lowest BCUT2D eigenvalue weighted by Crippen LogP contribution is -2.66. The summed E-state index contributed by atoms with van der Waals surface area (Å²) in [6, 6.07) is 0.0915. The molecule has 2 atom stereocenters. The molecule has 88 valence electrons. The van der Waals surface area contributed by atoms with E-state index in [0.717, 1.165) is 38.5 Å². The van der Waals surface area contributed by atoms with Crippen molar-refractivity contribution in [3.05, 3.63) is 0 Å². The summed E-state index contributed by atoms with van der Waals surface area (Å²) in [4.78, 5) is 25.9. The molecule has 3 aliphatic rings. The molecule has 2 unspecified atom stereocenters. The molecule has 1 heterocycles. The topological polar surface area (TPSA) is 49.4 Å². The van der Waals surface area contributed by atoms with Crippen molar-refractivity contribution in [3.8, 4) is 0 Å². The predicted molar refractivity (Wildman–Crippen MR) is 58.8 cm³/mol. The van der Waals surface area contributed by atoms with E-state index in [2.05, 4.69) is 5.32 Å². The molecule has 3 amide bonds. The van der Waals surface area contributed by atoms with E-state index in [1.165, 1.54) is 4.90 Å². The number of carbonyl (C=O) groups excluding carboxylic acids is 2. The van der Waals surface area contributed by atoms with Crippen LogP contribution in [-0.4, -0.2) is 28.9 Å². The van der Waals surface area contributed by atoms with E-state index in [4.69, 9.17) is 0 Å². The van der Waals surface area contributed by atoms with Gasteiger partial charge in [0.25, 0.3) is 0 Å². The van der Waals surface area contributed by atoms with Gasteiger partial charge in [0, 0.05) is 12.1 Å². The van der Waals surface area contributed by atoms with Crippen molar-refractivity contribution < 1.29 is 9.59 Å². The number of nitrogens with zero attached hydrogens (tertiary/aromatic N) is 1. The Hall–Kier alpha value is -1.06. The highest BCUT2D eigenvalue weighted by Crippen LogP contribution is 2.43. The van der Waals surface area contributed by atoms with Gasteiger partial charge >= 0.3 is 6.03 Å². The molecule has 4 heteroatoms. The number of imide groups is 1. The van der Waals surface area contributed by atoms with E-state index >= 15 is 0 Å². The van der Waals surface area contributed by atoms with Gasteiger partial charge in [-0.2, -0.15) is 0 Å². The summed E-state index contributed by atoms with van der Waals surface area (Å²) < 4.78 is 0. The van der Waals surface area contributed by atoms with E-state index in [-0.39, 0.29) is 29.4 Å². The molecule has 0 aromatic rings. The van der Waals surface area contributed by atoms with Crippen molar-refractivity contribution in [2.24, 2.45) is 5.41 Å². The summed E-state index contributed by atoms with van der Waals surface area (Å²) in [5.74, 6) is 0.0726. The van der Waals surface area contributed by atoms with Gasteiger partial charge in [-0.15, -0.1) is 0 Å². The zero-order chi connectivity index (χ0) is 11.3. The molecule has 0 aromatic carbocycles. The molecule has 2 saturated carbocycles. The van der Waals surface area contributed by atoms with Gasteiger partial charge in [-0.05, 0) is 39.0 Å². The number of fused-ring (bicyclic) bond motifs is 1. The van der Waals surface area contributed by atoms with E-state index in [1.54, 1.807) is 0 Å². The van der Waals surface area contributed by atoms with Crippen LogP contribution in [0.25, 0.3) is 0 Å². The van der Waals surface area contributed by atoms with Crippen LogP contribution in [0.2, 0.25) is 0 Å². The minimum absolute atomic E-state index is 0.0726. The van der Waals surface area contributed by atoms with Gasteiger partial charge in [0.15, 0.2) is 0 Å². The number of hydrogen-bond donors (Lipinski definition) is 1. The minimum atomic E-state index is -0.330. The fraction of sp³-hybridized carbons (Fsp3) is 0.833. The van der Waals surface area contributed by atoms with Crippen molar-refractivity contribution in [1.82, 2.24) is 10.2 Å². The molecule has 16 heavy (non-hydrogen) atoms. The van der Waals surface area contributed by atoms with Crippen LogP contribution in [0.3, 0.4) is 0 Å². The third kappa shape index (κ3) is 1.16. The smallest absolute Gasteiger partial charge is 0.324 e. The number of amides is 3. The Bertz CT molecular complexity index is 351. The Kier molecular flexibility index (Phi) is 2.03. The number of urea groups is 1. The molecule has 3 rings (SSSR count). The standard InChI is InChI=1S/C12H18N2O2/c1-12-7-3-6-9(12)13-11(16)14(10(12)15)8-4-2-5-8/h8-9H,2-7H2,1H3,(H,13,16). The van der Waals surface area contributed by atoms with Crippen molar-refractivity contribution in [2.45, 2.75) is 57.5 Å². The summed E-state index contributed by atoms with van der Waals surface area (Å²) >= 11 is 0. The first kappa shape index (κ1) is 10.1. The largest absolute Gasteiger partial charge is 0.334 e.